The highest BCUT2D eigenvalue weighted by molar-refractivity contribution is 5.39. The zero-order chi connectivity index (χ0) is 13.5. The van der Waals surface area contributed by atoms with Crippen LogP contribution in [0.2, 0.25) is 0 Å². The third kappa shape index (κ3) is 1.96. The van der Waals surface area contributed by atoms with Crippen LogP contribution in [0, 0.1) is 6.92 Å². The van der Waals surface area contributed by atoms with Crippen molar-refractivity contribution in [3.63, 3.8) is 0 Å². The highest BCUT2D eigenvalue weighted by atomic mass is 14.8. The number of aromatic nitrogens is 1. The van der Waals surface area contributed by atoms with Crippen molar-refractivity contribution in [1.82, 2.24) is 4.98 Å². The molecule has 98 valence electrons. The molecule has 2 nitrogen and oxygen atoms in total. The van der Waals surface area contributed by atoms with Gasteiger partial charge >= 0.3 is 0 Å². The minimum Gasteiger partial charge on any atom is -0.321 e. The largest absolute Gasteiger partial charge is 0.321 e. The SMILES string of the molecule is Cc1ccccc1C(C)(N)C1CCc2cccnc21. The summed E-state index contributed by atoms with van der Waals surface area (Å²) in [6.07, 6.45) is 4.06. The molecule has 19 heavy (non-hydrogen) atoms. The van der Waals surface area contributed by atoms with Gasteiger partial charge in [-0.2, -0.15) is 0 Å². The molecule has 0 bridgehead atoms. The summed E-state index contributed by atoms with van der Waals surface area (Å²) in [7, 11) is 0. The Morgan fingerprint density at radius 2 is 2.00 bits per heavy atom. The third-order valence-electron chi connectivity index (χ3n) is 4.41. The Morgan fingerprint density at radius 1 is 1.21 bits per heavy atom. The molecule has 0 spiro atoms. The van der Waals surface area contributed by atoms with E-state index >= 15 is 0 Å². The fourth-order valence-corrected chi connectivity index (χ4v) is 3.36. The van der Waals surface area contributed by atoms with Crippen LogP contribution in [-0.2, 0) is 12.0 Å². The highest BCUT2D eigenvalue weighted by Crippen LogP contribution is 2.43. The number of hydrogen-bond acceptors (Lipinski definition) is 2. The summed E-state index contributed by atoms with van der Waals surface area (Å²) in [5.41, 5.74) is 11.4. The second kappa shape index (κ2) is 4.46. The van der Waals surface area contributed by atoms with Gasteiger partial charge < -0.3 is 5.73 Å². The van der Waals surface area contributed by atoms with Gasteiger partial charge in [-0.3, -0.25) is 4.98 Å². The lowest BCUT2D eigenvalue weighted by Gasteiger charge is -2.33. The molecule has 0 radical (unpaired) electrons. The van der Waals surface area contributed by atoms with Crippen molar-refractivity contribution in [2.45, 2.75) is 38.1 Å². The van der Waals surface area contributed by atoms with Crippen molar-refractivity contribution in [3.8, 4) is 0 Å². The Labute approximate surface area is 114 Å². The first-order valence-corrected chi connectivity index (χ1v) is 6.89. The van der Waals surface area contributed by atoms with Crippen LogP contribution in [0.3, 0.4) is 0 Å². The van der Waals surface area contributed by atoms with Gasteiger partial charge in [0.05, 0.1) is 0 Å². The fraction of sp³-hybridized carbons (Fsp3) is 0.353. The minimum atomic E-state index is -0.356. The van der Waals surface area contributed by atoms with Crippen LogP contribution >= 0.6 is 0 Å². The van der Waals surface area contributed by atoms with Crippen molar-refractivity contribution < 1.29 is 0 Å². The Balaban J connectivity index is 2.05. The van der Waals surface area contributed by atoms with E-state index in [2.05, 4.69) is 49.2 Å². The molecule has 0 saturated carbocycles. The number of pyridine rings is 1. The molecule has 1 heterocycles. The maximum Gasteiger partial charge on any atom is 0.0488 e. The molecule has 1 aliphatic rings. The van der Waals surface area contributed by atoms with Crippen molar-refractivity contribution in [2.75, 3.05) is 0 Å². The third-order valence-corrected chi connectivity index (χ3v) is 4.41. The summed E-state index contributed by atoms with van der Waals surface area (Å²) >= 11 is 0. The van der Waals surface area contributed by atoms with Gasteiger partial charge in [-0.1, -0.05) is 30.3 Å². The van der Waals surface area contributed by atoms with Gasteiger partial charge in [0.2, 0.25) is 0 Å². The van der Waals surface area contributed by atoms with Crippen LogP contribution in [0.4, 0.5) is 0 Å². The standard InChI is InChI=1S/C17H20N2/c1-12-6-3-4-8-14(12)17(2,18)15-10-9-13-7-5-11-19-16(13)15/h3-8,11,15H,9-10,18H2,1-2H3. The summed E-state index contributed by atoms with van der Waals surface area (Å²) in [4.78, 5) is 4.58. The first-order valence-electron chi connectivity index (χ1n) is 6.89. The lowest BCUT2D eigenvalue weighted by molar-refractivity contribution is 0.379. The van der Waals surface area contributed by atoms with E-state index in [4.69, 9.17) is 5.73 Å². The average Bonchev–Trinajstić information content (AvgIpc) is 2.83. The molecular weight excluding hydrogens is 232 g/mol. The highest BCUT2D eigenvalue weighted by Gasteiger charge is 2.38. The Kier molecular flexibility index (Phi) is 2.90. The van der Waals surface area contributed by atoms with Crippen LogP contribution < -0.4 is 5.73 Å². The number of aryl methyl sites for hydroxylation is 2. The van der Waals surface area contributed by atoms with E-state index in [1.54, 1.807) is 0 Å². The number of nitrogens with zero attached hydrogens (tertiary/aromatic N) is 1. The van der Waals surface area contributed by atoms with E-state index in [1.807, 2.05) is 12.3 Å². The lowest BCUT2D eigenvalue weighted by atomic mass is 9.77. The summed E-state index contributed by atoms with van der Waals surface area (Å²) < 4.78 is 0. The first kappa shape index (κ1) is 12.4. The fourth-order valence-electron chi connectivity index (χ4n) is 3.36. The molecule has 0 amide bonds. The van der Waals surface area contributed by atoms with Crippen LogP contribution in [0.15, 0.2) is 42.6 Å². The molecule has 2 atom stereocenters. The number of hydrogen-bond donors (Lipinski definition) is 1. The summed E-state index contributed by atoms with van der Waals surface area (Å²) in [5.74, 6) is 0.310. The topological polar surface area (TPSA) is 38.9 Å². The van der Waals surface area contributed by atoms with E-state index in [0.717, 1.165) is 12.8 Å². The molecule has 2 unspecified atom stereocenters. The van der Waals surface area contributed by atoms with Gasteiger partial charge in [0, 0.05) is 23.3 Å². The summed E-state index contributed by atoms with van der Waals surface area (Å²) in [6, 6.07) is 12.6. The molecule has 3 rings (SSSR count). The first-order chi connectivity index (χ1) is 9.10. The zero-order valence-electron chi connectivity index (χ0n) is 11.6. The van der Waals surface area contributed by atoms with Crippen LogP contribution in [-0.4, -0.2) is 4.98 Å². The van der Waals surface area contributed by atoms with Gasteiger partial charge in [0.15, 0.2) is 0 Å². The molecule has 0 aliphatic heterocycles. The van der Waals surface area contributed by atoms with Crippen LogP contribution in [0.5, 0.6) is 0 Å². The number of benzene rings is 1. The average molecular weight is 252 g/mol. The smallest absolute Gasteiger partial charge is 0.0488 e. The number of nitrogens with two attached hydrogens (primary N) is 1. The molecule has 2 N–H and O–H groups in total. The van der Waals surface area contributed by atoms with Crippen molar-refractivity contribution in [2.24, 2.45) is 5.73 Å². The predicted octanol–water partition coefficient (Wildman–Crippen LogP) is 3.29. The Hall–Kier alpha value is -1.67. The summed E-state index contributed by atoms with van der Waals surface area (Å²) in [6.45, 7) is 4.28. The van der Waals surface area contributed by atoms with Crippen LogP contribution in [0.25, 0.3) is 0 Å². The van der Waals surface area contributed by atoms with Crippen molar-refractivity contribution in [3.05, 3.63) is 65.0 Å². The van der Waals surface area contributed by atoms with E-state index in [9.17, 15) is 0 Å². The van der Waals surface area contributed by atoms with Gasteiger partial charge in [0.25, 0.3) is 0 Å². The molecular formula is C17H20N2. The van der Waals surface area contributed by atoms with E-state index in [-0.39, 0.29) is 5.54 Å². The Bertz CT molecular complexity index is 602. The second-order valence-electron chi connectivity index (χ2n) is 5.74. The number of rotatable bonds is 2. The van der Waals surface area contributed by atoms with Crippen LogP contribution in [0.1, 0.15) is 41.6 Å². The van der Waals surface area contributed by atoms with E-state index in [1.165, 1.54) is 22.4 Å². The van der Waals surface area contributed by atoms with Gasteiger partial charge in [-0.25, -0.2) is 0 Å². The molecule has 2 heteroatoms. The van der Waals surface area contributed by atoms with Crippen molar-refractivity contribution >= 4 is 0 Å². The lowest BCUT2D eigenvalue weighted by Crippen LogP contribution is -2.39. The molecule has 1 aromatic carbocycles. The normalized spacial score (nSPS) is 20.9. The second-order valence-corrected chi connectivity index (χ2v) is 5.74. The van der Waals surface area contributed by atoms with E-state index in [0.29, 0.717) is 5.92 Å². The zero-order valence-corrected chi connectivity index (χ0v) is 11.6. The number of fused-ring (bicyclic) bond motifs is 1. The van der Waals surface area contributed by atoms with Gasteiger partial charge in [-0.05, 0) is 49.4 Å². The monoisotopic (exact) mass is 252 g/mol. The Morgan fingerprint density at radius 3 is 2.79 bits per heavy atom. The predicted molar refractivity (Wildman–Crippen MR) is 78.0 cm³/mol. The van der Waals surface area contributed by atoms with E-state index < -0.39 is 0 Å². The molecule has 1 aromatic heterocycles. The maximum atomic E-state index is 6.72. The van der Waals surface area contributed by atoms with Gasteiger partial charge in [-0.15, -0.1) is 0 Å². The van der Waals surface area contributed by atoms with Crippen molar-refractivity contribution in [1.29, 1.82) is 0 Å². The van der Waals surface area contributed by atoms with Gasteiger partial charge in [0.1, 0.15) is 0 Å². The molecule has 1 aliphatic carbocycles. The molecule has 2 aromatic rings. The molecule has 0 fully saturated rings. The quantitative estimate of drug-likeness (QED) is 0.890. The minimum absolute atomic E-state index is 0.310. The summed E-state index contributed by atoms with van der Waals surface area (Å²) in [5, 5.41) is 0. The molecule has 0 saturated heterocycles. The maximum absolute atomic E-state index is 6.72.